The highest BCUT2D eigenvalue weighted by molar-refractivity contribution is 5.66. The van der Waals surface area contributed by atoms with E-state index in [9.17, 15) is 13.2 Å². The molecule has 0 bridgehead atoms. The van der Waals surface area contributed by atoms with E-state index >= 15 is 0 Å². The molecule has 0 aromatic heterocycles. The molecule has 21 heavy (non-hydrogen) atoms. The second kappa shape index (κ2) is 6.31. The van der Waals surface area contributed by atoms with Crippen LogP contribution in [-0.2, 0) is 0 Å². The number of benzene rings is 2. The minimum Gasteiger partial charge on any atom is -0.310 e. The number of rotatable bonds is 4. The van der Waals surface area contributed by atoms with E-state index in [2.05, 4.69) is 5.32 Å². The summed E-state index contributed by atoms with van der Waals surface area (Å²) in [4.78, 5) is 0. The molecule has 0 heterocycles. The lowest BCUT2D eigenvalue weighted by molar-refractivity contribution is 0.586. The summed E-state index contributed by atoms with van der Waals surface area (Å²) < 4.78 is 41.7. The van der Waals surface area contributed by atoms with E-state index in [1.807, 2.05) is 13.8 Å². The van der Waals surface area contributed by atoms with Gasteiger partial charge in [0.05, 0.1) is 0 Å². The Hall–Kier alpha value is -1.81. The average Bonchev–Trinajstić information content (AvgIpc) is 2.44. The van der Waals surface area contributed by atoms with E-state index in [0.717, 1.165) is 24.2 Å². The molecule has 2 aromatic carbocycles. The molecule has 1 N–H and O–H groups in total. The zero-order valence-electron chi connectivity index (χ0n) is 12.3. The molecule has 0 radical (unpaired) electrons. The number of nitrogens with one attached hydrogen (secondary N) is 1. The Kier molecular flexibility index (Phi) is 4.68. The molecule has 1 unspecified atom stereocenters. The van der Waals surface area contributed by atoms with Crippen molar-refractivity contribution in [3.05, 3.63) is 58.9 Å². The lowest BCUT2D eigenvalue weighted by atomic mass is 9.98. The van der Waals surface area contributed by atoms with E-state index in [-0.39, 0.29) is 22.7 Å². The minimum atomic E-state index is -0.624. The predicted octanol–water partition coefficient (Wildman–Crippen LogP) is 4.75. The zero-order valence-corrected chi connectivity index (χ0v) is 12.3. The molecule has 2 aromatic rings. The molecule has 0 saturated carbocycles. The Morgan fingerprint density at radius 3 is 2.29 bits per heavy atom. The molecule has 0 spiro atoms. The van der Waals surface area contributed by atoms with E-state index in [1.165, 1.54) is 13.0 Å². The molecule has 4 heteroatoms. The monoisotopic (exact) mass is 293 g/mol. The molecule has 0 amide bonds. The van der Waals surface area contributed by atoms with Crippen LogP contribution in [0.15, 0.2) is 30.3 Å². The van der Waals surface area contributed by atoms with E-state index in [4.69, 9.17) is 0 Å². The maximum atomic E-state index is 14.0. The van der Waals surface area contributed by atoms with Crippen LogP contribution in [0.4, 0.5) is 13.2 Å². The fourth-order valence-corrected chi connectivity index (χ4v) is 2.30. The number of aryl methyl sites for hydroxylation is 1. The van der Waals surface area contributed by atoms with Crippen molar-refractivity contribution >= 4 is 0 Å². The topological polar surface area (TPSA) is 12.0 Å². The summed E-state index contributed by atoms with van der Waals surface area (Å²) >= 11 is 0. The lowest BCUT2D eigenvalue weighted by Crippen LogP contribution is -2.17. The van der Waals surface area contributed by atoms with Crippen molar-refractivity contribution in [3.8, 4) is 11.1 Å². The van der Waals surface area contributed by atoms with Crippen LogP contribution in [0.2, 0.25) is 0 Å². The molecule has 112 valence electrons. The van der Waals surface area contributed by atoms with E-state index in [1.54, 1.807) is 12.1 Å². The van der Waals surface area contributed by atoms with Gasteiger partial charge in [-0.3, -0.25) is 0 Å². The van der Waals surface area contributed by atoms with Crippen LogP contribution >= 0.6 is 0 Å². The third kappa shape index (κ3) is 3.27. The quantitative estimate of drug-likeness (QED) is 0.857. The molecule has 0 aliphatic carbocycles. The fraction of sp³-hybridized carbons (Fsp3) is 0.294. The largest absolute Gasteiger partial charge is 0.310 e. The first-order valence-electron chi connectivity index (χ1n) is 6.93. The summed E-state index contributed by atoms with van der Waals surface area (Å²) in [6, 6.07) is 6.64. The van der Waals surface area contributed by atoms with Gasteiger partial charge in [-0.25, -0.2) is 13.2 Å². The number of hydrogen-bond donors (Lipinski definition) is 1. The molecular weight excluding hydrogens is 275 g/mol. The van der Waals surface area contributed by atoms with Crippen LogP contribution in [0.25, 0.3) is 11.1 Å². The Morgan fingerprint density at radius 1 is 0.952 bits per heavy atom. The van der Waals surface area contributed by atoms with Gasteiger partial charge < -0.3 is 5.32 Å². The van der Waals surface area contributed by atoms with Gasteiger partial charge in [0, 0.05) is 17.2 Å². The van der Waals surface area contributed by atoms with Gasteiger partial charge in [-0.15, -0.1) is 0 Å². The van der Waals surface area contributed by atoms with Gasteiger partial charge in [0.25, 0.3) is 0 Å². The highest BCUT2D eigenvalue weighted by Gasteiger charge is 2.15. The molecule has 0 aliphatic heterocycles. The Labute approximate surface area is 122 Å². The van der Waals surface area contributed by atoms with Gasteiger partial charge in [0.1, 0.15) is 17.5 Å². The van der Waals surface area contributed by atoms with Crippen molar-refractivity contribution in [2.45, 2.75) is 26.8 Å². The maximum Gasteiger partial charge on any atom is 0.131 e. The van der Waals surface area contributed by atoms with Gasteiger partial charge in [0.2, 0.25) is 0 Å². The smallest absolute Gasteiger partial charge is 0.131 e. The Bertz CT molecular complexity index is 653. The van der Waals surface area contributed by atoms with Crippen LogP contribution in [0.3, 0.4) is 0 Å². The highest BCUT2D eigenvalue weighted by Crippen LogP contribution is 2.30. The van der Waals surface area contributed by atoms with Crippen molar-refractivity contribution < 1.29 is 13.2 Å². The first-order valence-corrected chi connectivity index (χ1v) is 6.93. The highest BCUT2D eigenvalue weighted by atomic mass is 19.1. The summed E-state index contributed by atoms with van der Waals surface area (Å²) in [5.74, 6) is -1.73. The van der Waals surface area contributed by atoms with Crippen molar-refractivity contribution in [1.82, 2.24) is 5.32 Å². The van der Waals surface area contributed by atoms with Crippen LogP contribution < -0.4 is 5.32 Å². The standard InChI is InChI=1S/C17H18F3N/c1-4-21-11(3)12-5-6-15(18)13(8-12)14-9-16(19)10(2)7-17(14)20/h5-9,11,21H,4H2,1-3H3. The normalized spacial score (nSPS) is 12.5. The Morgan fingerprint density at radius 2 is 1.62 bits per heavy atom. The van der Waals surface area contributed by atoms with Gasteiger partial charge in [0.15, 0.2) is 0 Å². The lowest BCUT2D eigenvalue weighted by Gasteiger charge is -2.15. The van der Waals surface area contributed by atoms with Gasteiger partial charge in [-0.1, -0.05) is 13.0 Å². The van der Waals surface area contributed by atoms with Crippen molar-refractivity contribution in [2.24, 2.45) is 0 Å². The van der Waals surface area contributed by atoms with Crippen molar-refractivity contribution in [2.75, 3.05) is 6.54 Å². The summed E-state index contributed by atoms with van der Waals surface area (Å²) in [6.07, 6.45) is 0. The molecule has 2 rings (SSSR count). The SMILES string of the molecule is CCNC(C)c1ccc(F)c(-c2cc(F)c(C)cc2F)c1. The summed E-state index contributed by atoms with van der Waals surface area (Å²) in [6.45, 7) is 6.15. The second-order valence-corrected chi connectivity index (χ2v) is 5.10. The van der Waals surface area contributed by atoms with Gasteiger partial charge in [-0.2, -0.15) is 0 Å². The number of hydrogen-bond acceptors (Lipinski definition) is 1. The summed E-state index contributed by atoms with van der Waals surface area (Å²) in [5.41, 5.74) is 1.05. The third-order valence-corrected chi connectivity index (χ3v) is 3.54. The van der Waals surface area contributed by atoms with E-state index in [0.29, 0.717) is 0 Å². The van der Waals surface area contributed by atoms with Crippen LogP contribution in [0.1, 0.15) is 31.0 Å². The Balaban J connectivity index is 2.53. The molecular formula is C17H18F3N. The molecule has 1 atom stereocenters. The average molecular weight is 293 g/mol. The van der Waals surface area contributed by atoms with Crippen LogP contribution in [-0.4, -0.2) is 6.54 Å². The first kappa shape index (κ1) is 15.6. The van der Waals surface area contributed by atoms with Crippen LogP contribution in [0, 0.1) is 24.4 Å². The van der Waals surface area contributed by atoms with Gasteiger partial charge >= 0.3 is 0 Å². The van der Waals surface area contributed by atoms with Gasteiger partial charge in [-0.05, 0) is 55.8 Å². The summed E-state index contributed by atoms with van der Waals surface area (Å²) in [5, 5.41) is 3.20. The number of halogens is 3. The molecule has 0 saturated heterocycles. The molecule has 0 fully saturated rings. The maximum absolute atomic E-state index is 14.0. The van der Waals surface area contributed by atoms with Crippen LogP contribution in [0.5, 0.6) is 0 Å². The minimum absolute atomic E-state index is 0.00714. The summed E-state index contributed by atoms with van der Waals surface area (Å²) in [7, 11) is 0. The second-order valence-electron chi connectivity index (χ2n) is 5.10. The molecule has 0 aliphatic rings. The predicted molar refractivity (Wildman–Crippen MR) is 78.6 cm³/mol. The molecule has 1 nitrogen and oxygen atoms in total. The fourth-order valence-electron chi connectivity index (χ4n) is 2.30. The zero-order chi connectivity index (χ0) is 15.6. The van der Waals surface area contributed by atoms with Crippen molar-refractivity contribution in [1.29, 1.82) is 0 Å². The van der Waals surface area contributed by atoms with E-state index < -0.39 is 17.5 Å². The third-order valence-electron chi connectivity index (χ3n) is 3.54. The van der Waals surface area contributed by atoms with Crippen molar-refractivity contribution in [3.63, 3.8) is 0 Å². The first-order chi connectivity index (χ1) is 9.93.